The molecule has 2 unspecified atom stereocenters. The molecule has 3 nitrogen and oxygen atoms in total. The number of aliphatic hydroxyl groups is 1. The number of rotatable bonds is 6. The molecule has 2 aromatic carbocycles. The van der Waals surface area contributed by atoms with Crippen molar-refractivity contribution in [1.29, 1.82) is 0 Å². The van der Waals surface area contributed by atoms with Crippen LogP contribution in [0.5, 0.6) is 5.75 Å². The Bertz CT molecular complexity index is 568. The zero-order valence-corrected chi connectivity index (χ0v) is 12.4. The minimum absolute atomic E-state index is 0.195. The number of fused-ring (bicyclic) bond motifs is 1. The van der Waals surface area contributed by atoms with E-state index in [0.717, 1.165) is 12.3 Å². The lowest BCUT2D eigenvalue weighted by Gasteiger charge is -2.21. The maximum atomic E-state index is 9.21. The Labute approximate surface area is 120 Å². The van der Waals surface area contributed by atoms with E-state index >= 15 is 0 Å². The molecule has 2 aromatic rings. The molecule has 2 rings (SSSR count). The SMILES string of the molecule is COc1ccc2ccccc2c1CNC(C)C(C)CO. The molecule has 2 atom stereocenters. The average Bonchev–Trinajstić information content (AvgIpc) is 2.51. The Morgan fingerprint density at radius 1 is 1.15 bits per heavy atom. The number of ether oxygens (including phenoxy) is 1. The summed E-state index contributed by atoms with van der Waals surface area (Å²) in [5.41, 5.74) is 1.17. The smallest absolute Gasteiger partial charge is 0.123 e. The molecule has 0 heterocycles. The number of aliphatic hydroxyl groups excluding tert-OH is 1. The molecule has 0 aliphatic heterocycles. The molecule has 0 amide bonds. The summed E-state index contributed by atoms with van der Waals surface area (Å²) in [6, 6.07) is 12.7. The van der Waals surface area contributed by atoms with Gasteiger partial charge in [-0.05, 0) is 29.7 Å². The number of nitrogens with one attached hydrogen (secondary N) is 1. The summed E-state index contributed by atoms with van der Waals surface area (Å²) in [6.07, 6.45) is 0. The van der Waals surface area contributed by atoms with E-state index in [-0.39, 0.29) is 18.6 Å². The molecular formula is C17H23NO2. The molecule has 0 spiro atoms. The highest BCUT2D eigenvalue weighted by Crippen LogP contribution is 2.28. The van der Waals surface area contributed by atoms with Crippen LogP contribution in [-0.2, 0) is 6.54 Å². The summed E-state index contributed by atoms with van der Waals surface area (Å²) in [4.78, 5) is 0. The third kappa shape index (κ3) is 3.11. The quantitative estimate of drug-likeness (QED) is 0.850. The molecule has 0 fully saturated rings. The van der Waals surface area contributed by atoms with Crippen molar-refractivity contribution in [2.45, 2.75) is 26.4 Å². The zero-order chi connectivity index (χ0) is 14.5. The highest BCUT2D eigenvalue weighted by Gasteiger charge is 2.13. The van der Waals surface area contributed by atoms with Gasteiger partial charge in [0.2, 0.25) is 0 Å². The fourth-order valence-corrected chi connectivity index (χ4v) is 2.31. The van der Waals surface area contributed by atoms with Crippen molar-refractivity contribution in [3.63, 3.8) is 0 Å². The van der Waals surface area contributed by atoms with Crippen molar-refractivity contribution in [1.82, 2.24) is 5.32 Å². The largest absolute Gasteiger partial charge is 0.496 e. The third-order valence-corrected chi connectivity index (χ3v) is 3.96. The van der Waals surface area contributed by atoms with Crippen LogP contribution < -0.4 is 10.1 Å². The van der Waals surface area contributed by atoms with Crippen molar-refractivity contribution in [2.75, 3.05) is 13.7 Å². The van der Waals surface area contributed by atoms with Crippen LogP contribution in [-0.4, -0.2) is 24.9 Å². The first-order valence-corrected chi connectivity index (χ1v) is 7.06. The predicted molar refractivity (Wildman–Crippen MR) is 83.1 cm³/mol. The molecule has 108 valence electrons. The highest BCUT2D eigenvalue weighted by molar-refractivity contribution is 5.87. The average molecular weight is 273 g/mol. The van der Waals surface area contributed by atoms with Gasteiger partial charge in [0.15, 0.2) is 0 Å². The van der Waals surface area contributed by atoms with Crippen LogP contribution in [0.2, 0.25) is 0 Å². The number of benzene rings is 2. The molecule has 0 aromatic heterocycles. The fraction of sp³-hybridized carbons (Fsp3) is 0.412. The molecule has 3 heteroatoms. The van der Waals surface area contributed by atoms with Crippen molar-refractivity contribution >= 4 is 10.8 Å². The third-order valence-electron chi connectivity index (χ3n) is 3.96. The Balaban J connectivity index is 2.27. The van der Waals surface area contributed by atoms with Gasteiger partial charge in [0.25, 0.3) is 0 Å². The molecular weight excluding hydrogens is 250 g/mol. The fourth-order valence-electron chi connectivity index (χ4n) is 2.31. The van der Waals surface area contributed by atoms with Gasteiger partial charge in [-0.15, -0.1) is 0 Å². The minimum atomic E-state index is 0.195. The van der Waals surface area contributed by atoms with E-state index in [1.165, 1.54) is 16.3 Å². The second kappa shape index (κ2) is 6.73. The van der Waals surface area contributed by atoms with E-state index in [4.69, 9.17) is 4.74 Å². The summed E-state index contributed by atoms with van der Waals surface area (Å²) < 4.78 is 5.48. The predicted octanol–water partition coefficient (Wildman–Crippen LogP) is 2.95. The summed E-state index contributed by atoms with van der Waals surface area (Å²) in [7, 11) is 1.70. The van der Waals surface area contributed by atoms with E-state index in [1.807, 2.05) is 25.1 Å². The normalized spacial score (nSPS) is 14.2. The first-order valence-electron chi connectivity index (χ1n) is 7.06. The van der Waals surface area contributed by atoms with Crippen molar-refractivity contribution < 1.29 is 9.84 Å². The van der Waals surface area contributed by atoms with Gasteiger partial charge in [-0.3, -0.25) is 0 Å². The first kappa shape index (κ1) is 14.8. The van der Waals surface area contributed by atoms with Gasteiger partial charge >= 0.3 is 0 Å². The van der Waals surface area contributed by atoms with E-state index in [2.05, 4.69) is 30.4 Å². The van der Waals surface area contributed by atoms with Crippen LogP contribution in [0.4, 0.5) is 0 Å². The van der Waals surface area contributed by atoms with E-state index in [1.54, 1.807) is 7.11 Å². The van der Waals surface area contributed by atoms with Gasteiger partial charge in [-0.1, -0.05) is 37.3 Å². The molecule has 20 heavy (non-hydrogen) atoms. The summed E-state index contributed by atoms with van der Waals surface area (Å²) in [5.74, 6) is 1.14. The molecule has 0 bridgehead atoms. The van der Waals surface area contributed by atoms with E-state index < -0.39 is 0 Å². The lowest BCUT2D eigenvalue weighted by atomic mass is 10.0. The maximum Gasteiger partial charge on any atom is 0.123 e. The summed E-state index contributed by atoms with van der Waals surface area (Å²) in [5, 5.41) is 15.1. The topological polar surface area (TPSA) is 41.5 Å². The Hall–Kier alpha value is -1.58. The molecule has 0 saturated heterocycles. The first-order chi connectivity index (χ1) is 9.67. The van der Waals surface area contributed by atoms with Crippen LogP contribution in [0.25, 0.3) is 10.8 Å². The zero-order valence-electron chi connectivity index (χ0n) is 12.4. The van der Waals surface area contributed by atoms with Crippen molar-refractivity contribution in [2.24, 2.45) is 5.92 Å². The summed E-state index contributed by atoms with van der Waals surface area (Å²) >= 11 is 0. The minimum Gasteiger partial charge on any atom is -0.496 e. The second-order valence-electron chi connectivity index (χ2n) is 5.30. The molecule has 0 saturated carbocycles. The highest BCUT2D eigenvalue weighted by atomic mass is 16.5. The number of hydrogen-bond acceptors (Lipinski definition) is 3. The number of methoxy groups -OCH3 is 1. The molecule has 0 aliphatic rings. The Morgan fingerprint density at radius 3 is 2.60 bits per heavy atom. The van der Waals surface area contributed by atoms with Gasteiger partial charge in [0, 0.05) is 24.8 Å². The van der Waals surface area contributed by atoms with E-state index in [0.29, 0.717) is 0 Å². The second-order valence-corrected chi connectivity index (χ2v) is 5.30. The van der Waals surface area contributed by atoms with Crippen LogP contribution in [0.1, 0.15) is 19.4 Å². The van der Waals surface area contributed by atoms with Gasteiger partial charge in [-0.2, -0.15) is 0 Å². The van der Waals surface area contributed by atoms with Crippen LogP contribution in [0, 0.1) is 5.92 Å². The lowest BCUT2D eigenvalue weighted by molar-refractivity contribution is 0.207. The van der Waals surface area contributed by atoms with Gasteiger partial charge < -0.3 is 15.2 Å². The van der Waals surface area contributed by atoms with Crippen LogP contribution >= 0.6 is 0 Å². The van der Waals surface area contributed by atoms with Gasteiger partial charge in [0.05, 0.1) is 7.11 Å². The Morgan fingerprint density at radius 2 is 1.90 bits per heavy atom. The lowest BCUT2D eigenvalue weighted by Crippen LogP contribution is -2.33. The van der Waals surface area contributed by atoms with Gasteiger partial charge in [-0.25, -0.2) is 0 Å². The maximum absolute atomic E-state index is 9.21. The summed E-state index contributed by atoms with van der Waals surface area (Å²) in [6.45, 7) is 5.06. The Kier molecular flexibility index (Phi) is 4.99. The monoisotopic (exact) mass is 273 g/mol. The van der Waals surface area contributed by atoms with Gasteiger partial charge in [0.1, 0.15) is 5.75 Å². The van der Waals surface area contributed by atoms with Crippen LogP contribution in [0.15, 0.2) is 36.4 Å². The van der Waals surface area contributed by atoms with Crippen molar-refractivity contribution in [3.05, 3.63) is 42.0 Å². The molecule has 0 aliphatic carbocycles. The molecule has 2 N–H and O–H groups in total. The number of hydrogen-bond donors (Lipinski definition) is 2. The van der Waals surface area contributed by atoms with Crippen molar-refractivity contribution in [3.8, 4) is 5.75 Å². The van der Waals surface area contributed by atoms with E-state index in [9.17, 15) is 5.11 Å². The molecule has 0 radical (unpaired) electrons. The standard InChI is InChI=1S/C17H23NO2/c1-12(11-19)13(2)18-10-16-15-7-5-4-6-14(15)8-9-17(16)20-3/h4-9,12-13,18-19H,10-11H2,1-3H3. The van der Waals surface area contributed by atoms with Crippen LogP contribution in [0.3, 0.4) is 0 Å².